The van der Waals surface area contributed by atoms with Gasteiger partial charge in [0, 0.05) is 12.6 Å². The predicted octanol–water partition coefficient (Wildman–Crippen LogP) is 2.13. The Balaban J connectivity index is 2.31. The van der Waals surface area contributed by atoms with Crippen LogP contribution in [0.4, 0.5) is 0 Å². The van der Waals surface area contributed by atoms with E-state index in [2.05, 4.69) is 26.1 Å². The molecule has 2 atom stereocenters. The molecular formula is C16H25NO3S. The average Bonchev–Trinajstić information content (AvgIpc) is 2.46. The minimum Gasteiger partial charge on any atom is -0.380 e. The van der Waals surface area contributed by atoms with Crippen molar-refractivity contribution in [1.82, 2.24) is 5.32 Å². The Bertz CT molecular complexity index is 573. The molecule has 1 saturated heterocycles. The molecule has 1 heterocycles. The molecule has 2 rings (SSSR count). The normalized spacial score (nSPS) is 24.0. The van der Waals surface area contributed by atoms with E-state index in [9.17, 15) is 8.42 Å². The number of ether oxygens (including phenoxy) is 1. The standard InChI is InChI=1S/C16H25NO3S/c1-16(2,3)12-5-7-13(8-6-12)21(18,19)15-11-20-10-9-14(15)17-4/h5-8,14-15,17H,9-11H2,1-4H3. The van der Waals surface area contributed by atoms with Crippen LogP contribution in [0.3, 0.4) is 0 Å². The fourth-order valence-electron chi connectivity index (χ4n) is 2.67. The summed E-state index contributed by atoms with van der Waals surface area (Å²) in [4.78, 5) is 0.381. The molecular weight excluding hydrogens is 286 g/mol. The lowest BCUT2D eigenvalue weighted by atomic mass is 9.87. The van der Waals surface area contributed by atoms with Crippen LogP contribution < -0.4 is 5.32 Å². The Morgan fingerprint density at radius 3 is 2.33 bits per heavy atom. The molecule has 1 aromatic rings. The fraction of sp³-hybridized carbons (Fsp3) is 0.625. The summed E-state index contributed by atoms with van der Waals surface area (Å²) in [5.74, 6) is 0. The van der Waals surface area contributed by atoms with Gasteiger partial charge in [0.05, 0.1) is 11.5 Å². The summed E-state index contributed by atoms with van der Waals surface area (Å²) in [5.41, 5.74) is 1.15. The maximum atomic E-state index is 12.8. The van der Waals surface area contributed by atoms with Crippen molar-refractivity contribution in [3.63, 3.8) is 0 Å². The highest BCUT2D eigenvalue weighted by Crippen LogP contribution is 2.27. The lowest BCUT2D eigenvalue weighted by Crippen LogP contribution is -2.49. The van der Waals surface area contributed by atoms with Crippen molar-refractivity contribution in [2.75, 3.05) is 20.3 Å². The Morgan fingerprint density at radius 2 is 1.81 bits per heavy atom. The predicted molar refractivity (Wildman–Crippen MR) is 84.4 cm³/mol. The van der Waals surface area contributed by atoms with Gasteiger partial charge in [-0.2, -0.15) is 0 Å². The van der Waals surface area contributed by atoms with Gasteiger partial charge < -0.3 is 10.1 Å². The molecule has 1 fully saturated rings. The first-order valence-electron chi connectivity index (χ1n) is 7.36. The molecule has 21 heavy (non-hydrogen) atoms. The van der Waals surface area contributed by atoms with Crippen molar-refractivity contribution in [1.29, 1.82) is 0 Å². The lowest BCUT2D eigenvalue weighted by Gasteiger charge is -2.31. The van der Waals surface area contributed by atoms with Gasteiger partial charge in [-0.25, -0.2) is 8.42 Å². The van der Waals surface area contributed by atoms with Gasteiger partial charge in [-0.15, -0.1) is 0 Å². The van der Waals surface area contributed by atoms with Crippen molar-refractivity contribution in [3.05, 3.63) is 29.8 Å². The molecule has 4 nitrogen and oxygen atoms in total. The number of nitrogens with one attached hydrogen (secondary N) is 1. The zero-order valence-corrected chi connectivity index (χ0v) is 14.0. The first kappa shape index (κ1) is 16.5. The van der Waals surface area contributed by atoms with E-state index >= 15 is 0 Å². The Hall–Kier alpha value is -0.910. The highest BCUT2D eigenvalue weighted by atomic mass is 32.2. The van der Waals surface area contributed by atoms with Crippen molar-refractivity contribution in [3.8, 4) is 0 Å². The minimum atomic E-state index is -3.37. The molecule has 1 aromatic carbocycles. The third kappa shape index (κ3) is 3.47. The maximum absolute atomic E-state index is 12.8. The molecule has 0 aromatic heterocycles. The zero-order chi connectivity index (χ0) is 15.7. The van der Waals surface area contributed by atoms with Gasteiger partial charge in [0.2, 0.25) is 0 Å². The van der Waals surface area contributed by atoms with E-state index in [1.165, 1.54) is 0 Å². The molecule has 1 aliphatic rings. The second kappa shape index (κ2) is 6.07. The van der Waals surface area contributed by atoms with Gasteiger partial charge >= 0.3 is 0 Å². The van der Waals surface area contributed by atoms with E-state index in [0.717, 1.165) is 12.0 Å². The molecule has 0 saturated carbocycles. The third-order valence-corrected chi connectivity index (χ3v) is 6.31. The first-order valence-corrected chi connectivity index (χ1v) is 8.91. The molecule has 0 amide bonds. The Kier molecular flexibility index (Phi) is 4.76. The van der Waals surface area contributed by atoms with Crippen molar-refractivity contribution >= 4 is 9.84 Å². The van der Waals surface area contributed by atoms with Crippen LogP contribution in [-0.2, 0) is 20.0 Å². The van der Waals surface area contributed by atoms with Gasteiger partial charge in [-0.3, -0.25) is 0 Å². The summed E-state index contributed by atoms with van der Waals surface area (Å²) in [6.45, 7) is 7.21. The van der Waals surface area contributed by atoms with Crippen LogP contribution in [0.15, 0.2) is 29.2 Å². The Morgan fingerprint density at radius 1 is 1.19 bits per heavy atom. The summed E-state index contributed by atoms with van der Waals surface area (Å²) in [7, 11) is -1.57. The minimum absolute atomic E-state index is 0.0176. The monoisotopic (exact) mass is 311 g/mol. The fourth-order valence-corrected chi connectivity index (χ4v) is 4.51. The largest absolute Gasteiger partial charge is 0.380 e. The zero-order valence-electron chi connectivity index (χ0n) is 13.2. The first-order chi connectivity index (χ1) is 9.76. The second-order valence-corrected chi connectivity index (χ2v) is 8.78. The van der Waals surface area contributed by atoms with Gasteiger partial charge in [-0.05, 0) is 36.6 Å². The lowest BCUT2D eigenvalue weighted by molar-refractivity contribution is 0.0825. The average molecular weight is 311 g/mol. The smallest absolute Gasteiger partial charge is 0.185 e. The van der Waals surface area contributed by atoms with E-state index in [1.54, 1.807) is 19.2 Å². The SMILES string of the molecule is CNC1CCOCC1S(=O)(=O)c1ccc(C(C)(C)C)cc1. The molecule has 2 unspecified atom stereocenters. The molecule has 0 spiro atoms. The summed E-state index contributed by atoms with van der Waals surface area (Å²) < 4.78 is 31.0. The maximum Gasteiger partial charge on any atom is 0.185 e. The number of sulfone groups is 1. The molecule has 0 aliphatic carbocycles. The van der Waals surface area contributed by atoms with Crippen LogP contribution in [0.5, 0.6) is 0 Å². The van der Waals surface area contributed by atoms with Crippen LogP contribution in [-0.4, -0.2) is 40.0 Å². The quantitative estimate of drug-likeness (QED) is 0.929. The van der Waals surface area contributed by atoms with E-state index < -0.39 is 15.1 Å². The van der Waals surface area contributed by atoms with Gasteiger partial charge in [-0.1, -0.05) is 32.9 Å². The number of hydrogen-bond donors (Lipinski definition) is 1. The third-order valence-electron chi connectivity index (χ3n) is 4.12. The molecule has 0 bridgehead atoms. The second-order valence-electron chi connectivity index (χ2n) is 6.62. The highest BCUT2D eigenvalue weighted by molar-refractivity contribution is 7.92. The Labute approximate surface area is 127 Å². The number of benzene rings is 1. The van der Waals surface area contributed by atoms with E-state index in [0.29, 0.717) is 11.5 Å². The molecule has 1 N–H and O–H groups in total. The van der Waals surface area contributed by atoms with Gasteiger partial charge in [0.1, 0.15) is 5.25 Å². The van der Waals surface area contributed by atoms with Crippen molar-refractivity contribution < 1.29 is 13.2 Å². The van der Waals surface area contributed by atoms with Crippen LogP contribution in [0, 0.1) is 0 Å². The summed E-state index contributed by atoms with van der Waals surface area (Å²) in [6.07, 6.45) is 0.723. The van der Waals surface area contributed by atoms with Crippen LogP contribution in [0.1, 0.15) is 32.8 Å². The molecule has 118 valence electrons. The summed E-state index contributed by atoms with van der Waals surface area (Å²) in [5, 5.41) is 2.59. The molecule has 5 heteroatoms. The van der Waals surface area contributed by atoms with E-state index in [-0.39, 0.29) is 18.1 Å². The van der Waals surface area contributed by atoms with Crippen LogP contribution in [0.25, 0.3) is 0 Å². The summed E-state index contributed by atoms with van der Waals surface area (Å²) >= 11 is 0. The van der Waals surface area contributed by atoms with Crippen molar-refractivity contribution in [2.45, 2.75) is 48.8 Å². The van der Waals surface area contributed by atoms with E-state index in [1.807, 2.05) is 12.1 Å². The van der Waals surface area contributed by atoms with Crippen molar-refractivity contribution in [2.24, 2.45) is 0 Å². The van der Waals surface area contributed by atoms with E-state index in [4.69, 9.17) is 4.74 Å². The topological polar surface area (TPSA) is 55.4 Å². The summed E-state index contributed by atoms with van der Waals surface area (Å²) in [6, 6.07) is 7.20. The van der Waals surface area contributed by atoms with Crippen LogP contribution >= 0.6 is 0 Å². The van der Waals surface area contributed by atoms with Crippen LogP contribution in [0.2, 0.25) is 0 Å². The van der Waals surface area contributed by atoms with Gasteiger partial charge in [0.15, 0.2) is 9.84 Å². The number of hydrogen-bond acceptors (Lipinski definition) is 4. The molecule has 0 radical (unpaired) electrons. The van der Waals surface area contributed by atoms with Gasteiger partial charge in [0.25, 0.3) is 0 Å². The number of rotatable bonds is 3. The molecule has 1 aliphatic heterocycles. The highest BCUT2D eigenvalue weighted by Gasteiger charge is 2.36.